The van der Waals surface area contributed by atoms with Crippen LogP contribution < -0.4 is 14.9 Å². The molecule has 3 aromatic rings. The van der Waals surface area contributed by atoms with Crippen molar-refractivity contribution in [3.8, 4) is 11.5 Å². The van der Waals surface area contributed by atoms with Crippen LogP contribution in [0.5, 0.6) is 11.5 Å². The van der Waals surface area contributed by atoms with Crippen molar-refractivity contribution in [3.05, 3.63) is 64.0 Å². The molecule has 1 aromatic heterocycles. The Balaban J connectivity index is 1.39. The summed E-state index contributed by atoms with van der Waals surface area (Å²) in [5.41, 5.74) is 3.07. The van der Waals surface area contributed by atoms with Gasteiger partial charge in [-0.15, -0.1) is 10.2 Å². The van der Waals surface area contributed by atoms with E-state index in [1.165, 1.54) is 6.21 Å². The highest BCUT2D eigenvalue weighted by molar-refractivity contribution is 7.99. The standard InChI is InChI=1S/C20H16Cl2N4O6S/c21-13-3-6-16(15(22)7-13)31-9-18-25-26-20(32-18)33-11-17(27)24-23-8-12-1-4-14(5-2-12)30-10-19(28)29/h1-8H,9-11H2,(H,24,27)(H,28,29)/b23-8-. The van der Waals surface area contributed by atoms with Crippen molar-refractivity contribution in [1.82, 2.24) is 15.6 Å². The van der Waals surface area contributed by atoms with Crippen molar-refractivity contribution in [2.45, 2.75) is 11.8 Å². The second-order valence-corrected chi connectivity index (χ2v) is 7.93. The van der Waals surface area contributed by atoms with Crippen molar-refractivity contribution in [3.63, 3.8) is 0 Å². The number of thioether (sulfide) groups is 1. The zero-order valence-corrected chi connectivity index (χ0v) is 19.1. The first-order chi connectivity index (χ1) is 15.9. The van der Waals surface area contributed by atoms with E-state index < -0.39 is 12.6 Å². The van der Waals surface area contributed by atoms with Gasteiger partial charge in [-0.05, 0) is 48.0 Å². The van der Waals surface area contributed by atoms with Gasteiger partial charge in [-0.25, -0.2) is 10.2 Å². The summed E-state index contributed by atoms with van der Waals surface area (Å²) in [6.07, 6.45) is 1.44. The van der Waals surface area contributed by atoms with Gasteiger partial charge in [-0.1, -0.05) is 35.0 Å². The highest BCUT2D eigenvalue weighted by Crippen LogP contribution is 2.28. The van der Waals surface area contributed by atoms with E-state index in [0.29, 0.717) is 27.1 Å². The fourth-order valence-corrected chi connectivity index (χ4v) is 3.26. The molecule has 0 aliphatic heterocycles. The molecule has 1 amide bonds. The first kappa shape index (κ1) is 24.4. The Kier molecular flexibility index (Phi) is 8.93. The molecule has 0 atom stereocenters. The topological polar surface area (TPSA) is 136 Å². The maximum absolute atomic E-state index is 11.9. The number of amides is 1. The van der Waals surface area contributed by atoms with Gasteiger partial charge < -0.3 is 19.0 Å². The van der Waals surface area contributed by atoms with Crippen LogP contribution in [0.25, 0.3) is 0 Å². The van der Waals surface area contributed by atoms with Gasteiger partial charge in [-0.3, -0.25) is 4.79 Å². The van der Waals surface area contributed by atoms with E-state index in [1.54, 1.807) is 42.5 Å². The Morgan fingerprint density at radius 1 is 1.15 bits per heavy atom. The molecule has 0 spiro atoms. The summed E-state index contributed by atoms with van der Waals surface area (Å²) >= 11 is 12.9. The third-order valence-corrected chi connectivity index (χ3v) is 5.01. The average molecular weight is 511 g/mol. The van der Waals surface area contributed by atoms with E-state index in [4.69, 9.17) is 42.2 Å². The molecule has 0 aliphatic carbocycles. The quantitative estimate of drug-likeness (QED) is 0.225. The summed E-state index contributed by atoms with van der Waals surface area (Å²) in [5, 5.41) is 21.2. The predicted molar refractivity (Wildman–Crippen MR) is 121 cm³/mol. The predicted octanol–water partition coefficient (Wildman–Crippen LogP) is 3.66. The number of benzene rings is 2. The molecule has 0 unspecified atom stereocenters. The Morgan fingerprint density at radius 3 is 2.67 bits per heavy atom. The number of aliphatic carboxylic acids is 1. The lowest BCUT2D eigenvalue weighted by atomic mass is 10.2. The number of carboxylic acid groups (broad SMARTS) is 1. The fourth-order valence-electron chi connectivity index (χ4n) is 2.22. The molecule has 13 heteroatoms. The number of rotatable bonds is 11. The van der Waals surface area contributed by atoms with Crippen molar-refractivity contribution in [2.24, 2.45) is 5.10 Å². The lowest BCUT2D eigenvalue weighted by molar-refractivity contribution is -0.139. The molecule has 0 saturated carbocycles. The molecular formula is C20H16Cl2N4O6S. The van der Waals surface area contributed by atoms with Gasteiger partial charge in [0.05, 0.1) is 17.0 Å². The third-order valence-electron chi connectivity index (χ3n) is 3.67. The summed E-state index contributed by atoms with van der Waals surface area (Å²) in [6.45, 7) is -0.419. The van der Waals surface area contributed by atoms with Crippen LogP contribution in [0.4, 0.5) is 0 Å². The Labute approximate surface area is 201 Å². The number of nitrogens with one attached hydrogen (secondary N) is 1. The molecular weight excluding hydrogens is 495 g/mol. The first-order valence-electron chi connectivity index (χ1n) is 9.18. The van der Waals surface area contributed by atoms with Crippen LogP contribution in [-0.2, 0) is 16.2 Å². The van der Waals surface area contributed by atoms with E-state index in [9.17, 15) is 9.59 Å². The minimum absolute atomic E-state index is 0.00477. The molecule has 0 bridgehead atoms. The zero-order valence-electron chi connectivity index (χ0n) is 16.7. The highest BCUT2D eigenvalue weighted by Gasteiger charge is 2.11. The third kappa shape index (κ3) is 8.29. The van der Waals surface area contributed by atoms with Crippen LogP contribution in [0, 0.1) is 0 Å². The van der Waals surface area contributed by atoms with Gasteiger partial charge in [0.2, 0.25) is 0 Å². The summed E-state index contributed by atoms with van der Waals surface area (Å²) in [5.74, 6) is -0.373. The SMILES string of the molecule is O=C(O)COc1ccc(/C=N\NC(=O)CSc2nnc(COc3ccc(Cl)cc3Cl)o2)cc1. The minimum atomic E-state index is -1.06. The Hall–Kier alpha value is -3.28. The lowest BCUT2D eigenvalue weighted by Crippen LogP contribution is -2.19. The van der Waals surface area contributed by atoms with Crippen LogP contribution in [0.1, 0.15) is 11.5 Å². The van der Waals surface area contributed by atoms with Crippen LogP contribution in [0.2, 0.25) is 10.0 Å². The summed E-state index contributed by atoms with van der Waals surface area (Å²) < 4.78 is 16.0. The molecule has 3 rings (SSSR count). The minimum Gasteiger partial charge on any atom is -0.482 e. The van der Waals surface area contributed by atoms with Crippen molar-refractivity contribution >= 4 is 53.1 Å². The second kappa shape index (κ2) is 12.1. The highest BCUT2D eigenvalue weighted by atomic mass is 35.5. The zero-order chi connectivity index (χ0) is 23.6. The largest absolute Gasteiger partial charge is 0.482 e. The second-order valence-electron chi connectivity index (χ2n) is 6.16. The first-order valence-corrected chi connectivity index (χ1v) is 10.9. The number of ether oxygens (including phenoxy) is 2. The van der Waals surface area contributed by atoms with Crippen LogP contribution >= 0.6 is 35.0 Å². The molecule has 0 radical (unpaired) electrons. The lowest BCUT2D eigenvalue weighted by Gasteiger charge is -2.05. The van der Waals surface area contributed by atoms with Gasteiger partial charge in [0, 0.05) is 5.02 Å². The van der Waals surface area contributed by atoms with Gasteiger partial charge in [0.1, 0.15) is 11.5 Å². The maximum Gasteiger partial charge on any atom is 0.341 e. The van der Waals surface area contributed by atoms with Crippen molar-refractivity contribution < 1.29 is 28.6 Å². The molecule has 33 heavy (non-hydrogen) atoms. The van der Waals surface area contributed by atoms with Crippen LogP contribution in [0.3, 0.4) is 0 Å². The normalized spacial score (nSPS) is 10.8. The fraction of sp³-hybridized carbons (Fsp3) is 0.150. The van der Waals surface area contributed by atoms with Crippen molar-refractivity contribution in [1.29, 1.82) is 0 Å². The number of hydrogen-bond donors (Lipinski definition) is 2. The van der Waals surface area contributed by atoms with Gasteiger partial charge >= 0.3 is 5.97 Å². The van der Waals surface area contributed by atoms with Crippen molar-refractivity contribution in [2.75, 3.05) is 12.4 Å². The summed E-state index contributed by atoms with van der Waals surface area (Å²) in [4.78, 5) is 22.4. The monoisotopic (exact) mass is 510 g/mol. The van der Waals surface area contributed by atoms with Crippen LogP contribution in [0.15, 0.2) is 57.2 Å². The smallest absolute Gasteiger partial charge is 0.341 e. The Bertz CT molecular complexity index is 1140. The number of aromatic nitrogens is 2. The molecule has 0 aliphatic rings. The number of hydrogen-bond acceptors (Lipinski definition) is 9. The van der Waals surface area contributed by atoms with Gasteiger partial charge in [0.15, 0.2) is 13.2 Å². The molecule has 0 saturated heterocycles. The van der Waals surface area contributed by atoms with Gasteiger partial charge in [-0.2, -0.15) is 5.10 Å². The maximum atomic E-state index is 11.9. The van der Waals surface area contributed by atoms with E-state index in [-0.39, 0.29) is 29.4 Å². The van der Waals surface area contributed by atoms with E-state index >= 15 is 0 Å². The molecule has 172 valence electrons. The van der Waals surface area contributed by atoms with Gasteiger partial charge in [0.25, 0.3) is 17.0 Å². The summed E-state index contributed by atoms with van der Waals surface area (Å²) in [6, 6.07) is 11.4. The number of carbonyl (C=O) groups is 2. The van der Waals surface area contributed by atoms with E-state index in [0.717, 1.165) is 11.8 Å². The van der Waals surface area contributed by atoms with E-state index in [2.05, 4.69) is 20.7 Å². The number of halogens is 2. The molecule has 0 fully saturated rings. The number of hydrazone groups is 1. The molecule has 1 heterocycles. The average Bonchev–Trinajstić information content (AvgIpc) is 3.24. The van der Waals surface area contributed by atoms with Crippen LogP contribution in [-0.4, -0.2) is 45.8 Å². The Morgan fingerprint density at radius 2 is 1.94 bits per heavy atom. The molecule has 10 nitrogen and oxygen atoms in total. The number of carboxylic acids is 1. The number of carbonyl (C=O) groups excluding carboxylic acids is 1. The molecule has 2 aromatic carbocycles. The van der Waals surface area contributed by atoms with E-state index in [1.807, 2.05) is 0 Å². The molecule has 2 N–H and O–H groups in total. The number of nitrogens with zero attached hydrogens (tertiary/aromatic N) is 3. The summed E-state index contributed by atoms with van der Waals surface area (Å²) in [7, 11) is 0.